The van der Waals surface area contributed by atoms with Crippen LogP contribution in [0.5, 0.6) is 0 Å². The van der Waals surface area contributed by atoms with Gasteiger partial charge in [-0.25, -0.2) is 0 Å². The summed E-state index contributed by atoms with van der Waals surface area (Å²) in [6, 6.07) is 8.75. The lowest BCUT2D eigenvalue weighted by Crippen LogP contribution is -2.54. The number of benzene rings is 1. The average Bonchev–Trinajstić information content (AvgIpc) is 3.62. The lowest BCUT2D eigenvalue weighted by atomic mass is 9.82. The molecule has 0 saturated carbocycles. The van der Waals surface area contributed by atoms with E-state index in [1.165, 1.54) is 7.11 Å². The number of amides is 2. The van der Waals surface area contributed by atoms with Crippen molar-refractivity contribution < 1.29 is 38.2 Å². The first kappa shape index (κ1) is 45.0. The summed E-state index contributed by atoms with van der Waals surface area (Å²) in [5.41, 5.74) is 6.19. The van der Waals surface area contributed by atoms with Crippen molar-refractivity contribution in [3.63, 3.8) is 0 Å². The number of nitrogens with zero attached hydrogens (tertiary/aromatic N) is 2. The molecular weight excluding hydrogens is 662 g/mol. The summed E-state index contributed by atoms with van der Waals surface area (Å²) in [6.45, 7) is 13.8. The first-order chi connectivity index (χ1) is 24.5. The fourth-order valence-electron chi connectivity index (χ4n) is 7.57. The largest absolute Gasteiger partial charge is 0.469 e. The smallest absolute Gasteiger partial charge is 0.309 e. The number of likely N-dealkylation sites (N-methyl/N-ethyl adjacent to an activating group) is 1. The van der Waals surface area contributed by atoms with Gasteiger partial charge >= 0.3 is 5.97 Å². The van der Waals surface area contributed by atoms with Gasteiger partial charge < -0.3 is 29.7 Å². The van der Waals surface area contributed by atoms with E-state index in [9.17, 15) is 24.0 Å². The number of carbonyl (C=O) groups is 5. The first-order valence-electron chi connectivity index (χ1n) is 19.1. The molecule has 9 unspecified atom stereocenters. The Morgan fingerprint density at radius 3 is 2.12 bits per heavy atom. The fraction of sp³-hybridized carbons (Fsp3) is 0.732. The number of methoxy groups -OCH3 is 3. The predicted molar refractivity (Wildman–Crippen MR) is 202 cm³/mol. The topological polar surface area (TPSA) is 146 Å². The summed E-state index contributed by atoms with van der Waals surface area (Å²) in [4.78, 5) is 71.3. The molecule has 2 N–H and O–H groups in total. The molecule has 52 heavy (non-hydrogen) atoms. The number of carbonyl (C=O) groups excluding carboxylic acids is 5. The highest BCUT2D eigenvalue weighted by molar-refractivity contribution is 5.92. The van der Waals surface area contributed by atoms with Gasteiger partial charge in [-0.05, 0) is 50.0 Å². The zero-order valence-corrected chi connectivity index (χ0v) is 33.7. The van der Waals surface area contributed by atoms with Crippen LogP contribution in [0.2, 0.25) is 0 Å². The average molecular weight is 730 g/mol. The van der Waals surface area contributed by atoms with Crippen LogP contribution >= 0.6 is 0 Å². The van der Waals surface area contributed by atoms with Gasteiger partial charge in [-0.15, -0.1) is 0 Å². The normalized spacial score (nSPS) is 19.9. The van der Waals surface area contributed by atoms with Crippen LogP contribution < -0.4 is 5.73 Å². The van der Waals surface area contributed by atoms with E-state index in [1.54, 1.807) is 44.9 Å². The van der Waals surface area contributed by atoms with Crippen molar-refractivity contribution >= 4 is 29.4 Å². The van der Waals surface area contributed by atoms with Gasteiger partial charge in [0, 0.05) is 52.5 Å². The van der Waals surface area contributed by atoms with E-state index in [0.717, 1.165) is 18.4 Å². The van der Waals surface area contributed by atoms with E-state index in [0.29, 0.717) is 25.8 Å². The van der Waals surface area contributed by atoms with Crippen molar-refractivity contribution in [2.45, 2.75) is 130 Å². The third-order valence-corrected chi connectivity index (χ3v) is 11.6. The molecule has 11 heteroatoms. The molecule has 1 aliphatic heterocycles. The Labute approximate surface area is 312 Å². The maximum atomic E-state index is 14.2. The Hall–Kier alpha value is -3.15. The molecule has 2 rings (SSSR count). The molecule has 1 fully saturated rings. The van der Waals surface area contributed by atoms with Crippen LogP contribution in [-0.2, 0) is 44.6 Å². The van der Waals surface area contributed by atoms with Crippen LogP contribution in [0.25, 0.3) is 0 Å². The van der Waals surface area contributed by atoms with Crippen LogP contribution in [0.15, 0.2) is 30.3 Å². The van der Waals surface area contributed by atoms with Gasteiger partial charge in [0.1, 0.15) is 5.78 Å². The number of likely N-dealkylation sites (tertiary alicyclic amines) is 1. The molecule has 0 aliphatic carbocycles. The van der Waals surface area contributed by atoms with Crippen molar-refractivity contribution in [1.82, 2.24) is 9.80 Å². The summed E-state index contributed by atoms with van der Waals surface area (Å²) in [5.74, 6) is -2.92. The van der Waals surface area contributed by atoms with Gasteiger partial charge in [-0.2, -0.15) is 0 Å². The lowest BCUT2D eigenvalue weighted by Gasteiger charge is -2.41. The second kappa shape index (κ2) is 20.9. The summed E-state index contributed by atoms with van der Waals surface area (Å²) >= 11 is 0. The number of hydrogen-bond acceptors (Lipinski definition) is 9. The SMILES string of the molecule is CCC(C)C(C(CC(=O)N1CCCC1C(OC)C(C)C(=O)CC(Cc1ccccc1)C(=O)OC)OC)N(C)C(=O)C(CC(=O)C(C)(N)CC)C(C)C. The zero-order chi connectivity index (χ0) is 39.3. The number of ketones is 2. The second-order valence-electron chi connectivity index (χ2n) is 15.4. The molecule has 0 spiro atoms. The highest BCUT2D eigenvalue weighted by Gasteiger charge is 2.43. The number of rotatable bonds is 22. The number of hydrogen-bond donors (Lipinski definition) is 1. The molecule has 1 aliphatic rings. The Morgan fingerprint density at radius 1 is 0.962 bits per heavy atom. The minimum atomic E-state index is -1.01. The summed E-state index contributed by atoms with van der Waals surface area (Å²) in [5, 5.41) is 0. The van der Waals surface area contributed by atoms with E-state index in [1.807, 2.05) is 65.0 Å². The molecule has 0 aromatic heterocycles. The summed E-state index contributed by atoms with van der Waals surface area (Å²) < 4.78 is 17.0. The minimum absolute atomic E-state index is 0.00209. The third-order valence-electron chi connectivity index (χ3n) is 11.6. The molecule has 1 aromatic carbocycles. The standard InChI is InChI=1S/C41H67N3O8/c1-12-27(5)37(43(8)39(48)31(26(3)4)24-35(46)41(7,42)13-2)34(50-9)25-36(47)44-21-17-20-32(44)38(51-10)28(6)33(45)23-30(40(49)52-11)22-29-18-15-14-16-19-29/h14-16,18-19,26-28,30-32,34,37-38H,12-13,17,20-25,42H2,1-11H3. The van der Waals surface area contributed by atoms with Crippen molar-refractivity contribution in [3.05, 3.63) is 35.9 Å². The molecular formula is C41H67N3O8. The van der Waals surface area contributed by atoms with Crippen LogP contribution in [0.3, 0.4) is 0 Å². The van der Waals surface area contributed by atoms with Gasteiger partial charge in [0.25, 0.3) is 0 Å². The van der Waals surface area contributed by atoms with Crippen molar-refractivity contribution in [2.75, 3.05) is 34.9 Å². The molecule has 9 atom stereocenters. The highest BCUT2D eigenvalue weighted by atomic mass is 16.5. The number of ether oxygens (including phenoxy) is 3. The Bertz CT molecular complexity index is 1320. The van der Waals surface area contributed by atoms with Crippen molar-refractivity contribution in [3.8, 4) is 0 Å². The number of nitrogens with two attached hydrogens (primary N) is 1. The third kappa shape index (κ3) is 11.7. The van der Waals surface area contributed by atoms with Crippen LogP contribution in [0.1, 0.15) is 99.0 Å². The van der Waals surface area contributed by atoms with Crippen LogP contribution in [-0.4, -0.2) is 104 Å². The van der Waals surface area contributed by atoms with Crippen LogP contribution in [0.4, 0.5) is 0 Å². The predicted octanol–water partition coefficient (Wildman–Crippen LogP) is 5.26. The Morgan fingerprint density at radius 2 is 1.60 bits per heavy atom. The fourth-order valence-corrected chi connectivity index (χ4v) is 7.57. The zero-order valence-electron chi connectivity index (χ0n) is 33.7. The van der Waals surface area contributed by atoms with E-state index in [2.05, 4.69) is 0 Å². The van der Waals surface area contributed by atoms with E-state index >= 15 is 0 Å². The molecule has 1 aromatic rings. The molecule has 11 nitrogen and oxygen atoms in total. The Kier molecular flexibility index (Phi) is 18.1. The quantitative estimate of drug-likeness (QED) is 0.158. The molecule has 294 valence electrons. The lowest BCUT2D eigenvalue weighted by molar-refractivity contribution is -0.150. The van der Waals surface area contributed by atoms with Crippen LogP contribution in [0, 0.1) is 29.6 Å². The van der Waals surface area contributed by atoms with Gasteiger partial charge in [0.2, 0.25) is 11.8 Å². The van der Waals surface area contributed by atoms with Gasteiger partial charge in [-0.3, -0.25) is 24.0 Å². The molecule has 2 amide bonds. The minimum Gasteiger partial charge on any atom is -0.469 e. The summed E-state index contributed by atoms with van der Waals surface area (Å²) in [6.07, 6.45) is 1.89. The monoisotopic (exact) mass is 729 g/mol. The van der Waals surface area contributed by atoms with Gasteiger partial charge in [-0.1, -0.05) is 78.3 Å². The Balaban J connectivity index is 2.28. The van der Waals surface area contributed by atoms with Crippen molar-refractivity contribution in [2.24, 2.45) is 35.3 Å². The van der Waals surface area contributed by atoms with Gasteiger partial charge in [0.15, 0.2) is 5.78 Å². The molecule has 0 bridgehead atoms. The molecule has 1 heterocycles. The number of Topliss-reactive ketones (excluding diaryl/α,β-unsaturated/α-hetero) is 2. The number of esters is 1. The van der Waals surface area contributed by atoms with Gasteiger partial charge in [0.05, 0.1) is 49.3 Å². The maximum absolute atomic E-state index is 14.2. The van der Waals surface area contributed by atoms with Crippen molar-refractivity contribution in [1.29, 1.82) is 0 Å². The molecule has 1 saturated heterocycles. The first-order valence-corrected chi connectivity index (χ1v) is 19.1. The second-order valence-corrected chi connectivity index (χ2v) is 15.4. The highest BCUT2D eigenvalue weighted by Crippen LogP contribution is 2.32. The molecule has 0 radical (unpaired) electrons. The van der Waals surface area contributed by atoms with E-state index < -0.39 is 47.5 Å². The summed E-state index contributed by atoms with van der Waals surface area (Å²) in [7, 11) is 6.18. The maximum Gasteiger partial charge on any atom is 0.309 e. The van der Waals surface area contributed by atoms with E-state index in [-0.39, 0.29) is 60.5 Å². The van der Waals surface area contributed by atoms with E-state index in [4.69, 9.17) is 19.9 Å².